The van der Waals surface area contributed by atoms with Crippen LogP contribution in [0.1, 0.15) is 37.0 Å². The van der Waals surface area contributed by atoms with Crippen LogP contribution in [0, 0.1) is 5.92 Å². The standard InChI is InChI=1S/C21H25NO/c1-15-20-12-17-8-9-18(23)13-19(17)21(15,2)10-11-22(20)14-16-6-4-3-5-7-16/h3-9,13,15,20,23H,10-12,14H2,1-2H3/t15-,20+,21+/m0/s1. The van der Waals surface area contributed by atoms with Crippen LogP contribution >= 0.6 is 0 Å². The zero-order chi connectivity index (χ0) is 16.0. The number of rotatable bonds is 2. The van der Waals surface area contributed by atoms with Crippen LogP contribution in [0.5, 0.6) is 5.75 Å². The minimum Gasteiger partial charge on any atom is -0.508 e. The average molecular weight is 307 g/mol. The summed E-state index contributed by atoms with van der Waals surface area (Å²) in [6.07, 6.45) is 2.26. The third kappa shape index (κ3) is 2.36. The van der Waals surface area contributed by atoms with Crippen LogP contribution in [0.25, 0.3) is 0 Å². The number of fused-ring (bicyclic) bond motifs is 4. The lowest BCUT2D eigenvalue weighted by Crippen LogP contribution is -2.57. The molecule has 2 aromatic rings. The van der Waals surface area contributed by atoms with Crippen molar-refractivity contribution in [2.24, 2.45) is 5.92 Å². The highest BCUT2D eigenvalue weighted by atomic mass is 16.3. The van der Waals surface area contributed by atoms with E-state index in [1.54, 1.807) is 0 Å². The van der Waals surface area contributed by atoms with Gasteiger partial charge in [0.1, 0.15) is 5.75 Å². The van der Waals surface area contributed by atoms with Gasteiger partial charge in [0, 0.05) is 12.6 Å². The summed E-state index contributed by atoms with van der Waals surface area (Å²) in [6.45, 7) is 6.96. The summed E-state index contributed by atoms with van der Waals surface area (Å²) in [5.74, 6) is 1.01. The van der Waals surface area contributed by atoms with E-state index in [2.05, 4.69) is 55.1 Å². The summed E-state index contributed by atoms with van der Waals surface area (Å²) >= 11 is 0. The fourth-order valence-corrected chi connectivity index (χ4v) is 4.71. The Morgan fingerprint density at radius 3 is 2.74 bits per heavy atom. The van der Waals surface area contributed by atoms with E-state index < -0.39 is 0 Å². The van der Waals surface area contributed by atoms with Gasteiger partial charge in [0.25, 0.3) is 0 Å². The lowest BCUT2D eigenvalue weighted by atomic mass is 9.59. The highest BCUT2D eigenvalue weighted by molar-refractivity contribution is 5.44. The highest BCUT2D eigenvalue weighted by Crippen LogP contribution is 2.49. The van der Waals surface area contributed by atoms with Crippen molar-refractivity contribution in [2.45, 2.75) is 44.7 Å². The Morgan fingerprint density at radius 2 is 1.96 bits per heavy atom. The molecule has 4 rings (SSSR count). The molecular weight excluding hydrogens is 282 g/mol. The molecule has 1 saturated heterocycles. The van der Waals surface area contributed by atoms with Gasteiger partial charge in [-0.05, 0) is 59.5 Å². The van der Waals surface area contributed by atoms with Crippen LogP contribution in [-0.2, 0) is 18.4 Å². The molecular formula is C21H25NO. The predicted octanol–water partition coefficient (Wildman–Crippen LogP) is 4.12. The molecule has 120 valence electrons. The number of aromatic hydroxyl groups is 1. The molecule has 2 bridgehead atoms. The maximum atomic E-state index is 9.92. The smallest absolute Gasteiger partial charge is 0.115 e. The predicted molar refractivity (Wildman–Crippen MR) is 93.6 cm³/mol. The third-order valence-electron chi connectivity index (χ3n) is 6.34. The van der Waals surface area contributed by atoms with Crippen LogP contribution in [0.2, 0.25) is 0 Å². The molecule has 2 nitrogen and oxygen atoms in total. The summed E-state index contributed by atoms with van der Waals surface area (Å²) < 4.78 is 0. The van der Waals surface area contributed by atoms with Crippen molar-refractivity contribution in [3.63, 3.8) is 0 Å². The van der Waals surface area contributed by atoms with Gasteiger partial charge in [0.2, 0.25) is 0 Å². The molecule has 0 radical (unpaired) electrons. The number of likely N-dealkylation sites (tertiary alicyclic amines) is 1. The monoisotopic (exact) mass is 307 g/mol. The van der Waals surface area contributed by atoms with Crippen LogP contribution in [-0.4, -0.2) is 22.6 Å². The van der Waals surface area contributed by atoms with E-state index in [1.807, 2.05) is 12.1 Å². The Kier molecular flexibility index (Phi) is 3.46. The molecule has 1 heterocycles. The largest absolute Gasteiger partial charge is 0.508 e. The maximum absolute atomic E-state index is 9.92. The molecule has 0 spiro atoms. The first-order valence-electron chi connectivity index (χ1n) is 8.68. The SMILES string of the molecule is C[C@H]1[C@H]2Cc3ccc(O)cc3[C@]1(C)CCN2Cc1ccccc1. The molecule has 0 aromatic heterocycles. The number of phenolic OH excluding ortho intramolecular Hbond substituents is 1. The van der Waals surface area contributed by atoms with Crippen molar-refractivity contribution in [1.29, 1.82) is 0 Å². The molecule has 1 aliphatic carbocycles. The Labute approximate surface area is 138 Å². The number of piperidine rings is 1. The van der Waals surface area contributed by atoms with Crippen molar-refractivity contribution < 1.29 is 5.11 Å². The van der Waals surface area contributed by atoms with Gasteiger partial charge in [-0.25, -0.2) is 0 Å². The fourth-order valence-electron chi connectivity index (χ4n) is 4.71. The van der Waals surface area contributed by atoms with E-state index in [4.69, 9.17) is 0 Å². The topological polar surface area (TPSA) is 23.5 Å². The second-order valence-corrected chi connectivity index (χ2v) is 7.53. The van der Waals surface area contributed by atoms with Crippen molar-refractivity contribution in [3.8, 4) is 5.75 Å². The van der Waals surface area contributed by atoms with Gasteiger partial charge >= 0.3 is 0 Å². The second kappa shape index (κ2) is 5.38. The van der Waals surface area contributed by atoms with E-state index >= 15 is 0 Å². The molecule has 0 amide bonds. The maximum Gasteiger partial charge on any atom is 0.115 e. The molecule has 3 atom stereocenters. The molecule has 0 saturated carbocycles. The molecule has 1 fully saturated rings. The van der Waals surface area contributed by atoms with Crippen molar-refractivity contribution >= 4 is 0 Å². The summed E-state index contributed by atoms with van der Waals surface area (Å²) in [4.78, 5) is 2.66. The molecule has 1 N–H and O–H groups in total. The Hall–Kier alpha value is -1.80. The Balaban J connectivity index is 1.67. The molecule has 2 aromatic carbocycles. The number of hydrogen-bond acceptors (Lipinski definition) is 2. The minimum absolute atomic E-state index is 0.185. The van der Waals surface area contributed by atoms with E-state index in [-0.39, 0.29) is 5.41 Å². The zero-order valence-electron chi connectivity index (χ0n) is 14.0. The van der Waals surface area contributed by atoms with Gasteiger partial charge in [-0.15, -0.1) is 0 Å². The van der Waals surface area contributed by atoms with Crippen molar-refractivity contribution in [1.82, 2.24) is 4.90 Å². The van der Waals surface area contributed by atoms with E-state index in [9.17, 15) is 5.11 Å². The van der Waals surface area contributed by atoms with Gasteiger partial charge in [0.05, 0.1) is 0 Å². The van der Waals surface area contributed by atoms with E-state index in [0.29, 0.717) is 17.7 Å². The Bertz CT molecular complexity index is 711. The van der Waals surface area contributed by atoms with Crippen LogP contribution in [0.4, 0.5) is 0 Å². The van der Waals surface area contributed by atoms with Crippen LogP contribution < -0.4 is 0 Å². The van der Waals surface area contributed by atoms with Crippen molar-refractivity contribution in [2.75, 3.05) is 6.54 Å². The molecule has 0 unspecified atom stereocenters. The first kappa shape index (κ1) is 14.8. The van der Waals surface area contributed by atoms with Gasteiger partial charge in [-0.3, -0.25) is 4.90 Å². The summed E-state index contributed by atoms with van der Waals surface area (Å²) in [6, 6.07) is 17.4. The van der Waals surface area contributed by atoms with Crippen molar-refractivity contribution in [3.05, 3.63) is 65.2 Å². The number of nitrogens with zero attached hydrogens (tertiary/aromatic N) is 1. The Morgan fingerprint density at radius 1 is 1.17 bits per heavy atom. The van der Waals surface area contributed by atoms with Gasteiger partial charge in [0.15, 0.2) is 0 Å². The molecule has 23 heavy (non-hydrogen) atoms. The first-order valence-corrected chi connectivity index (χ1v) is 8.68. The average Bonchev–Trinajstić information content (AvgIpc) is 2.55. The summed E-state index contributed by atoms with van der Waals surface area (Å²) in [7, 11) is 0. The lowest BCUT2D eigenvalue weighted by Gasteiger charge is -2.54. The van der Waals surface area contributed by atoms with E-state index in [1.165, 1.54) is 16.7 Å². The molecule has 1 aliphatic heterocycles. The quantitative estimate of drug-likeness (QED) is 0.902. The van der Waals surface area contributed by atoms with E-state index in [0.717, 1.165) is 25.9 Å². The van der Waals surface area contributed by atoms with Gasteiger partial charge in [-0.1, -0.05) is 50.2 Å². The zero-order valence-corrected chi connectivity index (χ0v) is 14.0. The number of phenols is 1. The highest BCUT2D eigenvalue weighted by Gasteiger charge is 2.48. The minimum atomic E-state index is 0.185. The van der Waals surface area contributed by atoms with Gasteiger partial charge < -0.3 is 5.11 Å². The molecule has 2 aliphatic rings. The fraction of sp³-hybridized carbons (Fsp3) is 0.429. The lowest BCUT2D eigenvalue weighted by molar-refractivity contribution is 0.0258. The summed E-state index contributed by atoms with van der Waals surface area (Å²) in [5.41, 5.74) is 4.39. The third-order valence-corrected chi connectivity index (χ3v) is 6.34. The normalized spacial score (nSPS) is 30.0. The second-order valence-electron chi connectivity index (χ2n) is 7.53. The number of hydrogen-bond donors (Lipinski definition) is 1. The number of benzene rings is 2. The van der Waals surface area contributed by atoms with Crippen LogP contribution in [0.3, 0.4) is 0 Å². The molecule has 2 heteroatoms. The first-order chi connectivity index (χ1) is 11.1. The van der Waals surface area contributed by atoms with Gasteiger partial charge in [-0.2, -0.15) is 0 Å². The van der Waals surface area contributed by atoms with Crippen LogP contribution in [0.15, 0.2) is 48.5 Å². The summed E-state index contributed by atoms with van der Waals surface area (Å²) in [5, 5.41) is 9.92.